The minimum atomic E-state index is 0.601. The van der Waals surface area contributed by atoms with Gasteiger partial charge >= 0.3 is 0 Å². The van der Waals surface area contributed by atoms with E-state index in [2.05, 4.69) is 16.9 Å². The molecule has 0 unspecified atom stereocenters. The van der Waals surface area contributed by atoms with Crippen molar-refractivity contribution in [3.63, 3.8) is 0 Å². The number of nitrogens with zero attached hydrogens (tertiary/aromatic N) is 1. The highest BCUT2D eigenvalue weighted by Gasteiger charge is 2.06. The first-order valence-corrected chi connectivity index (χ1v) is 6.10. The number of fused-ring (bicyclic) bond motifs is 1. The zero-order valence-electron chi connectivity index (χ0n) is 9.79. The summed E-state index contributed by atoms with van der Waals surface area (Å²) in [6, 6.07) is 3.54. The number of anilines is 1. The molecule has 4 nitrogen and oxygen atoms in total. The molecule has 0 atom stereocenters. The first-order valence-electron chi connectivity index (χ1n) is 5.72. The van der Waals surface area contributed by atoms with Gasteiger partial charge in [0, 0.05) is 18.1 Å². The number of aromatic amines is 1. The number of nitrogens with one attached hydrogen (secondary N) is 1. The molecule has 0 aliphatic carbocycles. The molecule has 0 radical (unpaired) electrons. The average Bonchev–Trinajstić information content (AvgIpc) is 2.67. The summed E-state index contributed by atoms with van der Waals surface area (Å²) in [4.78, 5) is 7.63. The van der Waals surface area contributed by atoms with Gasteiger partial charge in [0.15, 0.2) is 0 Å². The van der Waals surface area contributed by atoms with Crippen LogP contribution >= 0.6 is 11.6 Å². The van der Waals surface area contributed by atoms with Gasteiger partial charge in [-0.1, -0.05) is 18.5 Å². The second kappa shape index (κ2) is 5.38. The van der Waals surface area contributed by atoms with E-state index in [0.717, 1.165) is 36.3 Å². The summed E-state index contributed by atoms with van der Waals surface area (Å²) in [6.07, 6.45) is 1.79. The number of nitrogen functional groups attached to an aromatic ring is 1. The van der Waals surface area contributed by atoms with Crippen LogP contribution in [0.5, 0.6) is 0 Å². The first kappa shape index (κ1) is 12.2. The van der Waals surface area contributed by atoms with Crippen molar-refractivity contribution in [1.29, 1.82) is 0 Å². The van der Waals surface area contributed by atoms with Crippen LogP contribution in [-0.2, 0) is 11.2 Å². The number of benzene rings is 1. The third-order valence-electron chi connectivity index (χ3n) is 2.46. The van der Waals surface area contributed by atoms with Crippen molar-refractivity contribution in [2.75, 3.05) is 18.9 Å². The minimum Gasteiger partial charge on any atom is -0.397 e. The summed E-state index contributed by atoms with van der Waals surface area (Å²) in [5, 5.41) is 0.618. The standard InChI is InChI=1S/C12H16ClN3O/c1-2-4-17-5-3-11-15-10-7-8(13)6-9(14)12(10)16-11/h6-7H,2-5,14H2,1H3,(H,15,16). The van der Waals surface area contributed by atoms with Crippen molar-refractivity contribution in [2.24, 2.45) is 0 Å². The molecule has 0 saturated heterocycles. The number of nitrogens with two attached hydrogens (primary N) is 1. The molecule has 1 heterocycles. The van der Waals surface area contributed by atoms with Gasteiger partial charge in [0.25, 0.3) is 0 Å². The Kier molecular flexibility index (Phi) is 3.86. The van der Waals surface area contributed by atoms with E-state index in [-0.39, 0.29) is 0 Å². The zero-order chi connectivity index (χ0) is 12.3. The molecule has 2 aromatic rings. The summed E-state index contributed by atoms with van der Waals surface area (Å²) in [6.45, 7) is 3.54. The molecular weight excluding hydrogens is 238 g/mol. The lowest BCUT2D eigenvalue weighted by Crippen LogP contribution is -2.00. The fourth-order valence-electron chi connectivity index (χ4n) is 1.69. The lowest BCUT2D eigenvalue weighted by Gasteiger charge is -1.98. The average molecular weight is 254 g/mol. The molecule has 0 amide bonds. The topological polar surface area (TPSA) is 63.9 Å². The van der Waals surface area contributed by atoms with E-state index in [1.807, 2.05) is 6.07 Å². The quantitative estimate of drug-likeness (QED) is 0.636. The van der Waals surface area contributed by atoms with Crippen LogP contribution in [0.25, 0.3) is 11.0 Å². The van der Waals surface area contributed by atoms with Crippen LogP contribution in [0.4, 0.5) is 5.69 Å². The molecule has 5 heteroatoms. The monoisotopic (exact) mass is 253 g/mol. The van der Waals surface area contributed by atoms with Crippen molar-refractivity contribution >= 4 is 28.3 Å². The van der Waals surface area contributed by atoms with Gasteiger partial charge in [-0.25, -0.2) is 4.98 Å². The normalized spacial score (nSPS) is 11.2. The van der Waals surface area contributed by atoms with Gasteiger partial charge in [0.2, 0.25) is 0 Å². The third kappa shape index (κ3) is 2.90. The molecule has 0 fully saturated rings. The zero-order valence-corrected chi connectivity index (χ0v) is 10.5. The Morgan fingerprint density at radius 3 is 3.00 bits per heavy atom. The van der Waals surface area contributed by atoms with Crippen LogP contribution in [0.3, 0.4) is 0 Å². The highest BCUT2D eigenvalue weighted by atomic mass is 35.5. The van der Waals surface area contributed by atoms with E-state index < -0.39 is 0 Å². The summed E-state index contributed by atoms with van der Waals surface area (Å²) < 4.78 is 5.42. The fourth-order valence-corrected chi connectivity index (χ4v) is 1.92. The van der Waals surface area contributed by atoms with Gasteiger partial charge in [0.1, 0.15) is 11.3 Å². The van der Waals surface area contributed by atoms with Gasteiger partial charge in [-0.2, -0.15) is 0 Å². The maximum atomic E-state index is 5.93. The maximum Gasteiger partial charge on any atom is 0.112 e. The van der Waals surface area contributed by atoms with Crippen molar-refractivity contribution in [1.82, 2.24) is 9.97 Å². The van der Waals surface area contributed by atoms with Crippen LogP contribution in [0, 0.1) is 0 Å². The van der Waals surface area contributed by atoms with Crippen molar-refractivity contribution in [3.8, 4) is 0 Å². The van der Waals surface area contributed by atoms with Crippen LogP contribution in [0.1, 0.15) is 19.2 Å². The van der Waals surface area contributed by atoms with E-state index >= 15 is 0 Å². The minimum absolute atomic E-state index is 0.601. The number of aromatic nitrogens is 2. The fraction of sp³-hybridized carbons (Fsp3) is 0.417. The summed E-state index contributed by atoms with van der Waals surface area (Å²) in [5.41, 5.74) is 8.10. The molecule has 0 spiro atoms. The first-order chi connectivity index (χ1) is 8.20. The molecule has 1 aromatic carbocycles. The highest BCUT2D eigenvalue weighted by molar-refractivity contribution is 6.31. The van der Waals surface area contributed by atoms with Gasteiger partial charge in [-0.3, -0.25) is 0 Å². The molecule has 0 saturated carbocycles. The Hall–Kier alpha value is -1.26. The van der Waals surface area contributed by atoms with E-state index in [1.165, 1.54) is 0 Å². The Morgan fingerprint density at radius 1 is 1.41 bits per heavy atom. The van der Waals surface area contributed by atoms with Crippen molar-refractivity contribution in [3.05, 3.63) is 23.0 Å². The van der Waals surface area contributed by atoms with Gasteiger partial charge < -0.3 is 15.5 Å². The van der Waals surface area contributed by atoms with E-state index in [9.17, 15) is 0 Å². The summed E-state index contributed by atoms with van der Waals surface area (Å²) >= 11 is 5.93. The number of ether oxygens (including phenoxy) is 1. The molecule has 0 aliphatic rings. The van der Waals surface area contributed by atoms with E-state index in [1.54, 1.807) is 6.07 Å². The Bertz CT molecular complexity index is 510. The second-order valence-corrected chi connectivity index (χ2v) is 4.37. The number of halogens is 1. The Morgan fingerprint density at radius 2 is 2.24 bits per heavy atom. The van der Waals surface area contributed by atoms with Crippen LogP contribution in [-0.4, -0.2) is 23.2 Å². The predicted octanol–water partition coefficient (Wildman–Crippen LogP) is 2.77. The molecule has 0 bridgehead atoms. The molecule has 92 valence electrons. The van der Waals surface area contributed by atoms with E-state index in [0.29, 0.717) is 17.3 Å². The van der Waals surface area contributed by atoms with Crippen LogP contribution in [0.2, 0.25) is 5.02 Å². The number of H-pyrrole nitrogens is 1. The van der Waals surface area contributed by atoms with E-state index in [4.69, 9.17) is 22.1 Å². The summed E-state index contributed by atoms with van der Waals surface area (Å²) in [7, 11) is 0. The smallest absolute Gasteiger partial charge is 0.112 e. The molecule has 0 aliphatic heterocycles. The second-order valence-electron chi connectivity index (χ2n) is 3.94. The lowest BCUT2D eigenvalue weighted by molar-refractivity contribution is 0.137. The molecule has 3 N–H and O–H groups in total. The molecule has 2 rings (SSSR count). The third-order valence-corrected chi connectivity index (χ3v) is 2.68. The molecule has 1 aromatic heterocycles. The Balaban J connectivity index is 2.12. The number of imidazole rings is 1. The maximum absolute atomic E-state index is 5.93. The van der Waals surface area contributed by atoms with Gasteiger partial charge in [-0.15, -0.1) is 0 Å². The van der Waals surface area contributed by atoms with Crippen LogP contribution < -0.4 is 5.73 Å². The number of rotatable bonds is 5. The molecule has 17 heavy (non-hydrogen) atoms. The van der Waals surface area contributed by atoms with Gasteiger partial charge in [0.05, 0.1) is 17.8 Å². The van der Waals surface area contributed by atoms with Crippen molar-refractivity contribution in [2.45, 2.75) is 19.8 Å². The SMILES string of the molecule is CCCOCCc1nc2c(N)cc(Cl)cc2[nH]1. The molecular formula is C12H16ClN3O. The number of hydrogen-bond acceptors (Lipinski definition) is 3. The van der Waals surface area contributed by atoms with Gasteiger partial charge in [-0.05, 0) is 18.6 Å². The Labute approximate surface area is 105 Å². The largest absolute Gasteiger partial charge is 0.397 e. The summed E-state index contributed by atoms with van der Waals surface area (Å²) in [5.74, 6) is 0.880. The number of hydrogen-bond donors (Lipinski definition) is 2. The van der Waals surface area contributed by atoms with Crippen LogP contribution in [0.15, 0.2) is 12.1 Å². The predicted molar refractivity (Wildman–Crippen MR) is 70.3 cm³/mol. The lowest BCUT2D eigenvalue weighted by atomic mass is 10.3. The van der Waals surface area contributed by atoms with Crippen molar-refractivity contribution < 1.29 is 4.74 Å². The highest BCUT2D eigenvalue weighted by Crippen LogP contribution is 2.24.